The molecule has 0 spiro atoms. The Balaban J connectivity index is 1.30. The summed E-state index contributed by atoms with van der Waals surface area (Å²) in [5, 5.41) is 4.72. The van der Waals surface area contributed by atoms with Gasteiger partial charge in [-0.3, -0.25) is 0 Å². The molecule has 1 aliphatic rings. The van der Waals surface area contributed by atoms with Crippen LogP contribution in [0.3, 0.4) is 0 Å². The Bertz CT molecular complexity index is 1150. The number of ether oxygens (including phenoxy) is 3. The molecule has 134 valence electrons. The minimum atomic E-state index is -0.463. The van der Waals surface area contributed by atoms with Crippen molar-refractivity contribution in [2.24, 2.45) is 0 Å². The van der Waals surface area contributed by atoms with Gasteiger partial charge in [-0.05, 0) is 24.3 Å². The number of carbonyl (C=O) groups excluding carboxylic acids is 1. The Hall–Kier alpha value is -3.81. The summed E-state index contributed by atoms with van der Waals surface area (Å²) in [5.74, 6) is 1.43. The van der Waals surface area contributed by atoms with Crippen LogP contribution in [0, 0.1) is 0 Å². The third-order valence-corrected chi connectivity index (χ3v) is 4.23. The lowest BCUT2D eigenvalue weighted by molar-refractivity contribution is 0.0432. The van der Waals surface area contributed by atoms with Gasteiger partial charge in [-0.25, -0.2) is 4.79 Å². The van der Waals surface area contributed by atoms with Gasteiger partial charge in [0.2, 0.25) is 12.6 Å². The molecular formula is C19H13N3O5. The smallest absolute Gasteiger partial charge is 0.340 e. The summed E-state index contributed by atoms with van der Waals surface area (Å²) in [5.41, 5.74) is 2.05. The molecule has 0 saturated heterocycles. The van der Waals surface area contributed by atoms with Crippen LogP contribution < -0.4 is 9.47 Å². The summed E-state index contributed by atoms with van der Waals surface area (Å²) in [6, 6.07) is 12.9. The highest BCUT2D eigenvalue weighted by Gasteiger charge is 2.18. The van der Waals surface area contributed by atoms with Crippen molar-refractivity contribution in [3.05, 3.63) is 60.1 Å². The van der Waals surface area contributed by atoms with Crippen molar-refractivity contribution in [2.75, 3.05) is 6.79 Å². The number of nitrogens with zero attached hydrogens (tertiary/aromatic N) is 2. The summed E-state index contributed by atoms with van der Waals surface area (Å²) in [6.07, 6.45) is 1.62. The lowest BCUT2D eigenvalue weighted by Crippen LogP contribution is -2.04. The molecule has 2 aromatic heterocycles. The zero-order valence-electron chi connectivity index (χ0n) is 14.0. The first-order valence-corrected chi connectivity index (χ1v) is 8.24. The Morgan fingerprint density at radius 1 is 1.15 bits per heavy atom. The SMILES string of the molecule is O=C(OCc1nc(-c2ccc3c(c2)OCO3)no1)c1c[nH]c2ccccc12. The summed E-state index contributed by atoms with van der Waals surface area (Å²) in [7, 11) is 0. The number of rotatable bonds is 4. The molecule has 0 aliphatic carbocycles. The fourth-order valence-electron chi connectivity index (χ4n) is 2.91. The van der Waals surface area contributed by atoms with Crippen molar-refractivity contribution in [3.8, 4) is 22.9 Å². The van der Waals surface area contributed by atoms with Crippen molar-refractivity contribution in [1.82, 2.24) is 15.1 Å². The number of para-hydroxylation sites is 1. The van der Waals surface area contributed by atoms with Gasteiger partial charge in [-0.15, -0.1) is 0 Å². The van der Waals surface area contributed by atoms with Crippen molar-refractivity contribution in [1.29, 1.82) is 0 Å². The van der Waals surface area contributed by atoms with E-state index in [1.807, 2.05) is 24.3 Å². The topological polar surface area (TPSA) is 99.5 Å². The molecular weight excluding hydrogens is 350 g/mol. The monoisotopic (exact) mass is 363 g/mol. The largest absolute Gasteiger partial charge is 0.454 e. The quantitative estimate of drug-likeness (QED) is 0.555. The first-order valence-electron chi connectivity index (χ1n) is 8.24. The molecule has 5 rings (SSSR count). The maximum absolute atomic E-state index is 12.3. The third-order valence-electron chi connectivity index (χ3n) is 4.23. The van der Waals surface area contributed by atoms with Crippen LogP contribution in [0.2, 0.25) is 0 Å². The standard InChI is InChI=1S/C19H13N3O5/c23-19(13-8-20-14-4-2-1-3-12(13)14)24-9-17-21-18(22-27-17)11-5-6-15-16(7-11)26-10-25-15/h1-8,20H,9-10H2. The molecule has 2 aromatic carbocycles. The van der Waals surface area contributed by atoms with Crippen LogP contribution in [0.25, 0.3) is 22.3 Å². The van der Waals surface area contributed by atoms with Gasteiger partial charge in [-0.2, -0.15) is 4.98 Å². The van der Waals surface area contributed by atoms with Crippen molar-refractivity contribution >= 4 is 16.9 Å². The second-order valence-corrected chi connectivity index (χ2v) is 5.90. The number of hydrogen-bond acceptors (Lipinski definition) is 7. The fourth-order valence-corrected chi connectivity index (χ4v) is 2.91. The van der Waals surface area contributed by atoms with Gasteiger partial charge < -0.3 is 23.7 Å². The molecule has 0 atom stereocenters. The molecule has 3 heterocycles. The number of hydrogen-bond donors (Lipinski definition) is 1. The van der Waals surface area contributed by atoms with E-state index in [0.717, 1.165) is 16.5 Å². The maximum Gasteiger partial charge on any atom is 0.340 e. The number of esters is 1. The van der Waals surface area contributed by atoms with Gasteiger partial charge in [0.05, 0.1) is 5.56 Å². The van der Waals surface area contributed by atoms with Crippen molar-refractivity contribution in [2.45, 2.75) is 6.61 Å². The van der Waals surface area contributed by atoms with Gasteiger partial charge in [-0.1, -0.05) is 23.4 Å². The van der Waals surface area contributed by atoms with Crippen LogP contribution in [0.1, 0.15) is 16.2 Å². The van der Waals surface area contributed by atoms with Crippen LogP contribution in [-0.4, -0.2) is 27.9 Å². The molecule has 4 aromatic rings. The average Bonchev–Trinajstić information content (AvgIpc) is 3.44. The number of carbonyl (C=O) groups is 1. The summed E-state index contributed by atoms with van der Waals surface area (Å²) in [6.45, 7) is 0.0793. The van der Waals surface area contributed by atoms with Crippen molar-refractivity contribution < 1.29 is 23.5 Å². The Morgan fingerprint density at radius 2 is 2.04 bits per heavy atom. The molecule has 1 N–H and O–H groups in total. The summed E-state index contributed by atoms with van der Waals surface area (Å²) < 4.78 is 21.1. The Labute approximate surface area is 152 Å². The highest BCUT2D eigenvalue weighted by Crippen LogP contribution is 2.35. The zero-order valence-corrected chi connectivity index (χ0v) is 14.0. The molecule has 8 nitrogen and oxygen atoms in total. The second kappa shape index (κ2) is 6.17. The summed E-state index contributed by atoms with van der Waals surface area (Å²) in [4.78, 5) is 19.6. The minimum absolute atomic E-state index is 0.115. The van der Waals surface area contributed by atoms with Crippen molar-refractivity contribution in [3.63, 3.8) is 0 Å². The lowest BCUT2D eigenvalue weighted by Gasteiger charge is -2.00. The van der Waals surface area contributed by atoms with Crippen LogP contribution in [0.4, 0.5) is 0 Å². The molecule has 0 saturated carbocycles. The molecule has 1 aliphatic heterocycles. The number of fused-ring (bicyclic) bond motifs is 2. The molecule has 0 amide bonds. The number of H-pyrrole nitrogens is 1. The Morgan fingerprint density at radius 3 is 3.00 bits per heavy atom. The first kappa shape index (κ1) is 15.4. The number of aromatic nitrogens is 3. The summed E-state index contributed by atoms with van der Waals surface area (Å²) >= 11 is 0. The molecule has 0 fully saturated rings. The molecule has 0 radical (unpaired) electrons. The highest BCUT2D eigenvalue weighted by atomic mass is 16.7. The highest BCUT2D eigenvalue weighted by molar-refractivity contribution is 6.03. The van der Waals surface area contributed by atoms with Gasteiger partial charge in [0.15, 0.2) is 18.1 Å². The van der Waals surface area contributed by atoms with E-state index in [4.69, 9.17) is 18.7 Å². The lowest BCUT2D eigenvalue weighted by atomic mass is 10.2. The molecule has 0 bridgehead atoms. The zero-order chi connectivity index (χ0) is 18.2. The Kier molecular flexibility index (Phi) is 3.53. The van der Waals surface area contributed by atoms with Gasteiger partial charge in [0.1, 0.15) is 0 Å². The van der Waals surface area contributed by atoms with E-state index in [1.54, 1.807) is 24.4 Å². The van der Waals surface area contributed by atoms with E-state index in [1.165, 1.54) is 0 Å². The first-order chi connectivity index (χ1) is 13.3. The number of aromatic amines is 1. The second-order valence-electron chi connectivity index (χ2n) is 5.90. The maximum atomic E-state index is 12.3. The number of benzene rings is 2. The van der Waals surface area contributed by atoms with E-state index in [9.17, 15) is 4.79 Å². The van der Waals surface area contributed by atoms with Gasteiger partial charge in [0, 0.05) is 22.7 Å². The van der Waals surface area contributed by atoms with E-state index in [0.29, 0.717) is 22.9 Å². The van der Waals surface area contributed by atoms with E-state index < -0.39 is 5.97 Å². The predicted octanol–water partition coefficient (Wildman–Crippen LogP) is 3.30. The van der Waals surface area contributed by atoms with Gasteiger partial charge >= 0.3 is 5.97 Å². The molecule has 8 heteroatoms. The minimum Gasteiger partial charge on any atom is -0.454 e. The van der Waals surface area contributed by atoms with Crippen LogP contribution in [-0.2, 0) is 11.3 Å². The van der Waals surface area contributed by atoms with Crippen LogP contribution >= 0.6 is 0 Å². The average molecular weight is 363 g/mol. The van der Waals surface area contributed by atoms with E-state index in [-0.39, 0.29) is 19.3 Å². The van der Waals surface area contributed by atoms with E-state index >= 15 is 0 Å². The molecule has 0 unspecified atom stereocenters. The number of nitrogens with one attached hydrogen (secondary N) is 1. The third kappa shape index (κ3) is 2.77. The van der Waals surface area contributed by atoms with E-state index in [2.05, 4.69) is 15.1 Å². The fraction of sp³-hybridized carbons (Fsp3) is 0.105. The van der Waals surface area contributed by atoms with Crippen LogP contribution in [0.15, 0.2) is 53.2 Å². The van der Waals surface area contributed by atoms with Gasteiger partial charge in [0.25, 0.3) is 5.89 Å². The molecule has 27 heavy (non-hydrogen) atoms. The normalized spacial score (nSPS) is 12.4. The predicted molar refractivity (Wildman–Crippen MR) is 93.3 cm³/mol. The van der Waals surface area contributed by atoms with Crippen LogP contribution in [0.5, 0.6) is 11.5 Å².